The molecular formula is C17H14N4OS. The van der Waals surface area contributed by atoms with Crippen LogP contribution in [0, 0.1) is 11.3 Å². The van der Waals surface area contributed by atoms with E-state index in [-0.39, 0.29) is 11.0 Å². The molecule has 0 aliphatic heterocycles. The van der Waals surface area contributed by atoms with E-state index in [0.29, 0.717) is 5.56 Å². The molecule has 5 nitrogen and oxygen atoms in total. The van der Waals surface area contributed by atoms with Crippen molar-refractivity contribution in [1.29, 1.82) is 5.26 Å². The highest BCUT2D eigenvalue weighted by atomic mass is 32.1. The van der Waals surface area contributed by atoms with Gasteiger partial charge in [0.1, 0.15) is 0 Å². The monoisotopic (exact) mass is 322 g/mol. The SMILES string of the molecule is N#Cc1ccc(/C=C/C(=O)NNC(=S)Nc2ccccc2)cc1. The third-order valence-corrected chi connectivity index (χ3v) is 3.00. The lowest BCUT2D eigenvalue weighted by Crippen LogP contribution is -2.43. The second kappa shape index (κ2) is 8.32. The van der Waals surface area contributed by atoms with Gasteiger partial charge in [-0.05, 0) is 48.1 Å². The number of anilines is 1. The molecule has 0 heterocycles. The van der Waals surface area contributed by atoms with E-state index in [2.05, 4.69) is 16.2 Å². The molecule has 23 heavy (non-hydrogen) atoms. The molecule has 2 aromatic rings. The second-order valence-electron chi connectivity index (χ2n) is 4.50. The first-order valence-corrected chi connectivity index (χ1v) is 7.18. The van der Waals surface area contributed by atoms with Gasteiger partial charge in [-0.15, -0.1) is 0 Å². The quantitative estimate of drug-likeness (QED) is 0.460. The number of para-hydroxylation sites is 1. The Balaban J connectivity index is 1.79. The summed E-state index contributed by atoms with van der Waals surface area (Å²) in [6.45, 7) is 0. The minimum absolute atomic E-state index is 0.288. The van der Waals surface area contributed by atoms with Gasteiger partial charge in [-0.2, -0.15) is 5.26 Å². The molecule has 0 unspecified atom stereocenters. The Hall–Kier alpha value is -3.17. The molecule has 0 radical (unpaired) electrons. The van der Waals surface area contributed by atoms with E-state index in [1.807, 2.05) is 36.4 Å². The zero-order valence-corrected chi connectivity index (χ0v) is 12.9. The molecule has 1 amide bonds. The number of hydrogen-bond acceptors (Lipinski definition) is 3. The molecule has 0 fully saturated rings. The molecule has 0 atom stereocenters. The van der Waals surface area contributed by atoms with Crippen molar-refractivity contribution in [3.8, 4) is 6.07 Å². The summed E-state index contributed by atoms with van der Waals surface area (Å²) in [5.41, 5.74) is 7.30. The van der Waals surface area contributed by atoms with Gasteiger partial charge >= 0.3 is 0 Å². The summed E-state index contributed by atoms with van der Waals surface area (Å²) in [6, 6.07) is 18.3. The predicted molar refractivity (Wildman–Crippen MR) is 94.1 cm³/mol. The standard InChI is InChI=1S/C17H14N4OS/c18-12-14-8-6-13(7-9-14)10-11-16(22)20-21-17(23)19-15-4-2-1-3-5-15/h1-11H,(H,20,22)(H2,19,21,23)/b11-10+. The summed E-state index contributed by atoms with van der Waals surface area (Å²) in [7, 11) is 0. The Morgan fingerprint density at radius 2 is 1.74 bits per heavy atom. The highest BCUT2D eigenvalue weighted by Gasteiger charge is 1.99. The number of benzene rings is 2. The molecule has 0 saturated carbocycles. The fourth-order valence-electron chi connectivity index (χ4n) is 1.68. The Bertz CT molecular complexity index is 748. The summed E-state index contributed by atoms with van der Waals surface area (Å²) >= 11 is 5.07. The van der Waals surface area contributed by atoms with Crippen LogP contribution in [0.3, 0.4) is 0 Å². The zero-order valence-electron chi connectivity index (χ0n) is 12.1. The van der Waals surface area contributed by atoms with Crippen molar-refractivity contribution in [3.05, 3.63) is 71.8 Å². The van der Waals surface area contributed by atoms with Crippen molar-refractivity contribution in [2.24, 2.45) is 0 Å². The minimum Gasteiger partial charge on any atom is -0.331 e. The van der Waals surface area contributed by atoms with Crippen LogP contribution in [0.1, 0.15) is 11.1 Å². The van der Waals surface area contributed by atoms with Gasteiger partial charge in [0.15, 0.2) is 5.11 Å². The van der Waals surface area contributed by atoms with Gasteiger partial charge in [-0.1, -0.05) is 30.3 Å². The summed E-state index contributed by atoms with van der Waals surface area (Å²) < 4.78 is 0. The van der Waals surface area contributed by atoms with Crippen LogP contribution in [-0.4, -0.2) is 11.0 Å². The number of nitriles is 1. The van der Waals surface area contributed by atoms with Gasteiger partial charge in [-0.25, -0.2) is 0 Å². The van der Waals surface area contributed by atoms with E-state index < -0.39 is 0 Å². The van der Waals surface area contributed by atoms with Crippen LogP contribution in [-0.2, 0) is 4.79 Å². The van der Waals surface area contributed by atoms with E-state index in [9.17, 15) is 4.79 Å². The number of amides is 1. The first-order chi connectivity index (χ1) is 11.2. The van der Waals surface area contributed by atoms with E-state index in [0.717, 1.165) is 11.3 Å². The number of hydrazine groups is 1. The van der Waals surface area contributed by atoms with E-state index >= 15 is 0 Å². The summed E-state index contributed by atoms with van der Waals surface area (Å²) in [6.07, 6.45) is 3.02. The zero-order chi connectivity index (χ0) is 16.5. The number of rotatable bonds is 3. The summed E-state index contributed by atoms with van der Waals surface area (Å²) in [5, 5.41) is 11.9. The third kappa shape index (κ3) is 5.61. The number of hydrogen-bond donors (Lipinski definition) is 3. The average Bonchev–Trinajstić information content (AvgIpc) is 2.59. The maximum absolute atomic E-state index is 11.7. The van der Waals surface area contributed by atoms with Crippen LogP contribution in [0.2, 0.25) is 0 Å². The Labute approximate surface area is 139 Å². The molecule has 0 aliphatic rings. The molecule has 2 rings (SSSR count). The molecule has 2 aromatic carbocycles. The Morgan fingerprint density at radius 3 is 2.39 bits per heavy atom. The lowest BCUT2D eigenvalue weighted by molar-refractivity contribution is -0.116. The van der Waals surface area contributed by atoms with E-state index in [4.69, 9.17) is 17.5 Å². The molecule has 114 valence electrons. The van der Waals surface area contributed by atoms with Crippen molar-refractivity contribution >= 4 is 35.0 Å². The lowest BCUT2D eigenvalue weighted by atomic mass is 10.1. The van der Waals surface area contributed by atoms with Gasteiger partial charge in [0.25, 0.3) is 5.91 Å². The largest absolute Gasteiger partial charge is 0.331 e. The highest BCUT2D eigenvalue weighted by Crippen LogP contribution is 2.05. The van der Waals surface area contributed by atoms with E-state index in [1.54, 1.807) is 30.3 Å². The van der Waals surface area contributed by atoms with Crippen LogP contribution in [0.4, 0.5) is 5.69 Å². The maximum Gasteiger partial charge on any atom is 0.262 e. The molecule has 0 aliphatic carbocycles. The fourth-order valence-corrected chi connectivity index (χ4v) is 1.85. The lowest BCUT2D eigenvalue weighted by Gasteiger charge is -2.10. The number of thiocarbonyl (C=S) groups is 1. The molecule has 0 saturated heterocycles. The topological polar surface area (TPSA) is 77.0 Å². The second-order valence-corrected chi connectivity index (χ2v) is 4.91. The molecule has 6 heteroatoms. The summed E-state index contributed by atoms with van der Waals surface area (Å²) in [5.74, 6) is -0.341. The van der Waals surface area contributed by atoms with Gasteiger partial charge in [0.05, 0.1) is 11.6 Å². The smallest absolute Gasteiger partial charge is 0.262 e. The normalized spacial score (nSPS) is 9.87. The number of carbonyl (C=O) groups is 1. The van der Waals surface area contributed by atoms with Crippen LogP contribution < -0.4 is 16.2 Å². The van der Waals surface area contributed by atoms with Gasteiger partial charge in [0.2, 0.25) is 0 Å². The van der Waals surface area contributed by atoms with Crippen LogP contribution in [0.15, 0.2) is 60.7 Å². The molecular weight excluding hydrogens is 308 g/mol. The highest BCUT2D eigenvalue weighted by molar-refractivity contribution is 7.80. The average molecular weight is 322 g/mol. The number of nitrogens with one attached hydrogen (secondary N) is 3. The maximum atomic E-state index is 11.7. The third-order valence-electron chi connectivity index (χ3n) is 2.80. The van der Waals surface area contributed by atoms with Crippen molar-refractivity contribution in [2.45, 2.75) is 0 Å². The van der Waals surface area contributed by atoms with Gasteiger partial charge in [-0.3, -0.25) is 15.6 Å². The fraction of sp³-hybridized carbons (Fsp3) is 0. The van der Waals surface area contributed by atoms with Crippen LogP contribution >= 0.6 is 12.2 Å². The van der Waals surface area contributed by atoms with Crippen molar-refractivity contribution < 1.29 is 4.79 Å². The van der Waals surface area contributed by atoms with Crippen LogP contribution in [0.5, 0.6) is 0 Å². The molecule has 0 bridgehead atoms. The Morgan fingerprint density at radius 1 is 1.04 bits per heavy atom. The molecule has 0 aromatic heterocycles. The van der Waals surface area contributed by atoms with Crippen molar-refractivity contribution in [2.75, 3.05) is 5.32 Å². The van der Waals surface area contributed by atoms with Crippen molar-refractivity contribution in [1.82, 2.24) is 10.9 Å². The number of carbonyl (C=O) groups excluding carboxylic acids is 1. The van der Waals surface area contributed by atoms with Gasteiger partial charge < -0.3 is 5.32 Å². The van der Waals surface area contributed by atoms with E-state index in [1.165, 1.54) is 6.08 Å². The summed E-state index contributed by atoms with van der Waals surface area (Å²) in [4.78, 5) is 11.7. The Kier molecular flexibility index (Phi) is 5.86. The first-order valence-electron chi connectivity index (χ1n) is 6.77. The number of nitrogens with zero attached hydrogens (tertiary/aromatic N) is 1. The predicted octanol–water partition coefficient (Wildman–Crippen LogP) is 2.59. The molecule has 3 N–H and O–H groups in total. The first kappa shape index (κ1) is 16.2. The van der Waals surface area contributed by atoms with Crippen molar-refractivity contribution in [3.63, 3.8) is 0 Å². The van der Waals surface area contributed by atoms with Gasteiger partial charge in [0, 0.05) is 11.8 Å². The minimum atomic E-state index is -0.341. The molecule has 0 spiro atoms. The van der Waals surface area contributed by atoms with Crippen LogP contribution in [0.25, 0.3) is 6.08 Å².